The largest absolute Gasteiger partial charge is 0.586 e. The Morgan fingerprint density at radius 2 is 2.06 bits per heavy atom. The summed E-state index contributed by atoms with van der Waals surface area (Å²) in [7, 11) is 0. The van der Waals surface area contributed by atoms with E-state index in [4.69, 9.17) is 5.73 Å². The van der Waals surface area contributed by atoms with Crippen LogP contribution in [-0.2, 0) is 0 Å². The average molecular weight is 228 g/mol. The highest BCUT2D eigenvalue weighted by atomic mass is 19.3. The van der Waals surface area contributed by atoms with Gasteiger partial charge in [0.1, 0.15) is 0 Å². The van der Waals surface area contributed by atoms with Gasteiger partial charge in [0.2, 0.25) is 0 Å². The van der Waals surface area contributed by atoms with Crippen LogP contribution in [0, 0.1) is 0 Å². The maximum absolute atomic E-state index is 12.7. The van der Waals surface area contributed by atoms with Gasteiger partial charge in [-0.15, -0.1) is 8.78 Å². The van der Waals surface area contributed by atoms with Gasteiger partial charge in [0.05, 0.1) is 11.5 Å². The van der Waals surface area contributed by atoms with Crippen molar-refractivity contribution in [1.29, 1.82) is 0 Å². The first-order valence-electron chi connectivity index (χ1n) is 4.73. The number of halogens is 2. The Kier molecular flexibility index (Phi) is 2.41. The molecule has 0 aromatic heterocycles. The molecule has 1 heterocycles. The maximum Gasteiger partial charge on any atom is 0.586 e. The number of nitrogens with zero attached hydrogens (tertiary/aromatic N) is 1. The van der Waals surface area contributed by atoms with Crippen LogP contribution in [0.4, 0.5) is 14.5 Å². The molecule has 0 atom stereocenters. The third kappa shape index (κ3) is 2.05. The van der Waals surface area contributed by atoms with Crippen molar-refractivity contribution in [2.24, 2.45) is 10.7 Å². The van der Waals surface area contributed by atoms with Gasteiger partial charge < -0.3 is 15.2 Å². The van der Waals surface area contributed by atoms with Gasteiger partial charge in [-0.3, -0.25) is 0 Å². The summed E-state index contributed by atoms with van der Waals surface area (Å²) in [6.07, 6.45) is -3.01. The van der Waals surface area contributed by atoms with Crippen molar-refractivity contribution in [3.05, 3.63) is 18.2 Å². The van der Waals surface area contributed by atoms with E-state index in [2.05, 4.69) is 14.5 Å². The van der Waals surface area contributed by atoms with Crippen LogP contribution in [0.5, 0.6) is 11.5 Å². The number of ether oxygens (including phenoxy) is 2. The van der Waals surface area contributed by atoms with E-state index in [1.54, 1.807) is 0 Å². The van der Waals surface area contributed by atoms with Crippen LogP contribution >= 0.6 is 0 Å². The van der Waals surface area contributed by atoms with E-state index in [1.165, 1.54) is 18.2 Å². The molecule has 1 aromatic rings. The Hall–Kier alpha value is -1.85. The van der Waals surface area contributed by atoms with Gasteiger partial charge in [0, 0.05) is 12.5 Å². The molecule has 0 spiro atoms. The van der Waals surface area contributed by atoms with Crippen molar-refractivity contribution in [3.63, 3.8) is 0 Å². The molecule has 4 nitrogen and oxygen atoms in total. The lowest BCUT2D eigenvalue weighted by atomic mass is 10.3. The first-order chi connectivity index (χ1) is 7.50. The normalized spacial score (nSPS) is 17.6. The first kappa shape index (κ1) is 10.7. The third-order valence-corrected chi connectivity index (χ3v) is 2.02. The Morgan fingerprint density at radius 3 is 2.75 bits per heavy atom. The number of hydrogen-bond donors (Lipinski definition) is 1. The Balaban J connectivity index is 2.29. The lowest BCUT2D eigenvalue weighted by Gasteiger charge is -2.04. The zero-order valence-corrected chi connectivity index (χ0v) is 8.54. The van der Waals surface area contributed by atoms with Crippen molar-refractivity contribution in [1.82, 2.24) is 0 Å². The zero-order valence-electron chi connectivity index (χ0n) is 8.54. The number of alkyl halides is 2. The van der Waals surface area contributed by atoms with E-state index in [9.17, 15) is 8.78 Å². The summed E-state index contributed by atoms with van der Waals surface area (Å²) in [5.74, 6) is 0.389. The van der Waals surface area contributed by atoms with Crippen LogP contribution in [-0.4, -0.2) is 12.1 Å². The fourth-order valence-corrected chi connectivity index (χ4v) is 1.25. The number of benzene rings is 1. The van der Waals surface area contributed by atoms with E-state index < -0.39 is 6.29 Å². The molecule has 1 aliphatic rings. The average Bonchev–Trinajstić information content (AvgIpc) is 2.51. The molecule has 6 heteroatoms. The molecule has 2 rings (SSSR count). The third-order valence-electron chi connectivity index (χ3n) is 2.02. The maximum atomic E-state index is 12.7. The highest BCUT2D eigenvalue weighted by Gasteiger charge is 2.43. The summed E-state index contributed by atoms with van der Waals surface area (Å²) < 4.78 is 33.9. The van der Waals surface area contributed by atoms with Crippen LogP contribution in [0.1, 0.15) is 13.3 Å². The van der Waals surface area contributed by atoms with Crippen molar-refractivity contribution in [2.75, 3.05) is 0 Å². The van der Waals surface area contributed by atoms with Crippen molar-refractivity contribution < 1.29 is 18.3 Å². The summed E-state index contributed by atoms with van der Waals surface area (Å²) in [5, 5.41) is 0. The second-order valence-electron chi connectivity index (χ2n) is 3.26. The van der Waals surface area contributed by atoms with Crippen molar-refractivity contribution in [3.8, 4) is 11.5 Å². The Morgan fingerprint density at radius 1 is 1.38 bits per heavy atom. The number of rotatable bonds is 2. The Bertz CT molecular complexity index is 446. The molecule has 0 amide bonds. The lowest BCUT2D eigenvalue weighted by molar-refractivity contribution is -0.286. The van der Waals surface area contributed by atoms with Gasteiger partial charge in [-0.1, -0.05) is 6.92 Å². The smallest absolute Gasteiger partial charge is 0.395 e. The number of amidine groups is 1. The molecular formula is C10H10F2N2O2. The van der Waals surface area contributed by atoms with Crippen LogP contribution in [0.25, 0.3) is 0 Å². The molecule has 0 unspecified atom stereocenters. The first-order valence-corrected chi connectivity index (χ1v) is 4.73. The summed E-state index contributed by atoms with van der Waals surface area (Å²) in [6.45, 7) is 1.85. The van der Waals surface area contributed by atoms with Gasteiger partial charge in [0.25, 0.3) is 0 Å². The molecule has 16 heavy (non-hydrogen) atoms. The second kappa shape index (κ2) is 3.62. The van der Waals surface area contributed by atoms with E-state index in [1.807, 2.05) is 6.92 Å². The topological polar surface area (TPSA) is 56.8 Å². The van der Waals surface area contributed by atoms with Crippen LogP contribution in [0.3, 0.4) is 0 Å². The SMILES string of the molecule is CCC(N)=Nc1ccc2c(c1)OC(F)(F)O2. The highest BCUT2D eigenvalue weighted by Crippen LogP contribution is 2.42. The predicted octanol–water partition coefficient (Wildman–Crippen LogP) is 2.41. The van der Waals surface area contributed by atoms with E-state index in [0.29, 0.717) is 17.9 Å². The van der Waals surface area contributed by atoms with Gasteiger partial charge in [-0.2, -0.15) is 0 Å². The molecular weight excluding hydrogens is 218 g/mol. The summed E-state index contributed by atoms with van der Waals surface area (Å²) in [5.41, 5.74) is 5.99. The minimum Gasteiger partial charge on any atom is -0.395 e. The lowest BCUT2D eigenvalue weighted by Crippen LogP contribution is -2.25. The molecule has 1 aromatic carbocycles. The highest BCUT2D eigenvalue weighted by molar-refractivity contribution is 5.83. The monoisotopic (exact) mass is 228 g/mol. The van der Waals surface area contributed by atoms with Crippen LogP contribution < -0.4 is 15.2 Å². The molecule has 86 valence electrons. The molecule has 1 aliphatic heterocycles. The molecule has 0 aliphatic carbocycles. The predicted molar refractivity (Wildman–Crippen MR) is 54.2 cm³/mol. The fraction of sp³-hybridized carbons (Fsp3) is 0.300. The molecule has 0 fully saturated rings. The molecule has 2 N–H and O–H groups in total. The van der Waals surface area contributed by atoms with Crippen LogP contribution in [0.15, 0.2) is 23.2 Å². The standard InChI is InChI=1S/C10H10F2N2O2/c1-2-9(13)14-6-3-4-7-8(5-6)16-10(11,12)15-7/h3-5H,2H2,1H3,(H2,13,14). The van der Waals surface area contributed by atoms with E-state index >= 15 is 0 Å². The van der Waals surface area contributed by atoms with Crippen molar-refractivity contribution in [2.45, 2.75) is 19.6 Å². The van der Waals surface area contributed by atoms with Gasteiger partial charge in [0.15, 0.2) is 11.5 Å². The number of aliphatic imine (C=N–C) groups is 1. The Labute approximate surface area is 90.7 Å². The summed E-state index contributed by atoms with van der Waals surface area (Å²) >= 11 is 0. The van der Waals surface area contributed by atoms with Gasteiger partial charge in [-0.25, -0.2) is 4.99 Å². The van der Waals surface area contributed by atoms with E-state index in [0.717, 1.165) is 0 Å². The number of fused-ring (bicyclic) bond motifs is 1. The zero-order chi connectivity index (χ0) is 11.8. The number of hydrogen-bond acceptors (Lipinski definition) is 3. The molecule has 0 saturated carbocycles. The quantitative estimate of drug-likeness (QED) is 0.624. The van der Waals surface area contributed by atoms with Gasteiger partial charge in [-0.05, 0) is 12.1 Å². The molecule has 0 bridgehead atoms. The van der Waals surface area contributed by atoms with Gasteiger partial charge >= 0.3 is 6.29 Å². The summed E-state index contributed by atoms with van der Waals surface area (Å²) in [6, 6.07) is 4.27. The minimum absolute atomic E-state index is 0.000908. The molecule has 0 radical (unpaired) electrons. The second-order valence-corrected chi connectivity index (χ2v) is 3.26. The van der Waals surface area contributed by atoms with E-state index in [-0.39, 0.29) is 11.5 Å². The minimum atomic E-state index is -3.60. The fourth-order valence-electron chi connectivity index (χ4n) is 1.25. The summed E-state index contributed by atoms with van der Waals surface area (Å²) in [4.78, 5) is 4.02. The number of nitrogens with two attached hydrogens (primary N) is 1. The molecule has 0 saturated heterocycles. The van der Waals surface area contributed by atoms with Crippen LogP contribution in [0.2, 0.25) is 0 Å². The van der Waals surface area contributed by atoms with Crippen molar-refractivity contribution >= 4 is 11.5 Å².